The van der Waals surface area contributed by atoms with Crippen molar-refractivity contribution in [3.05, 3.63) is 12.8 Å². The molecule has 0 aromatic rings. The predicted molar refractivity (Wildman–Crippen MR) is 61.0 cm³/mol. The Morgan fingerprint density at radius 1 is 1.06 bits per heavy atom. The summed E-state index contributed by atoms with van der Waals surface area (Å²) in [6, 6.07) is -0.638. The topological polar surface area (TPSA) is 120 Å². The lowest BCUT2D eigenvalue weighted by Crippen LogP contribution is -3.22. The monoisotopic (exact) mass is 286 g/mol. The largest absolute Gasteiger partial charge is 0.395 e. The van der Waals surface area contributed by atoms with E-state index < -0.39 is 20.7 Å². The number of quaternary nitrogens is 1. The highest BCUT2D eigenvalue weighted by molar-refractivity contribution is 7.70. The summed E-state index contributed by atoms with van der Waals surface area (Å²) in [5.74, 6) is 0. The second-order valence-electron chi connectivity index (χ2n) is 4.34. The summed E-state index contributed by atoms with van der Waals surface area (Å²) < 4.78 is 22.6. The van der Waals surface area contributed by atoms with Crippen molar-refractivity contribution < 1.29 is 33.6 Å². The molecule has 0 spiro atoms. The van der Waals surface area contributed by atoms with E-state index in [9.17, 15) is 28.7 Å². The molecule has 0 saturated carbocycles. The van der Waals surface area contributed by atoms with Crippen molar-refractivity contribution in [2.45, 2.75) is 37.9 Å². The maximum absolute atomic E-state index is 11.3. The van der Waals surface area contributed by atoms with Gasteiger partial charge in [-0.3, -0.25) is 9.13 Å². The second kappa shape index (κ2) is 5.10. The van der Waals surface area contributed by atoms with Crippen molar-refractivity contribution in [3.8, 4) is 0 Å². The Bertz CT molecular complexity index is 331. The van der Waals surface area contributed by atoms with Crippen LogP contribution in [0.4, 0.5) is 0 Å². The average Bonchev–Trinajstić information content (AvgIpc) is 2.06. The van der Waals surface area contributed by atoms with Gasteiger partial charge in [0.1, 0.15) is 0 Å². The lowest BCUT2D eigenvalue weighted by molar-refractivity contribution is -0.941. The van der Waals surface area contributed by atoms with Crippen LogP contribution in [0.15, 0.2) is 0 Å². The zero-order chi connectivity index (χ0) is 13.4. The van der Waals surface area contributed by atoms with Gasteiger partial charge >= 0.3 is 15.2 Å². The van der Waals surface area contributed by atoms with Gasteiger partial charge in [-0.2, -0.15) is 0 Å². The van der Waals surface area contributed by atoms with Crippen LogP contribution in [0.3, 0.4) is 0 Å². The third-order valence-corrected chi connectivity index (χ3v) is 6.64. The number of hydrogen-bond acceptors (Lipinski definition) is 2. The van der Waals surface area contributed by atoms with E-state index in [0.717, 1.165) is 0 Å². The van der Waals surface area contributed by atoms with Crippen molar-refractivity contribution in [2.75, 3.05) is 0 Å². The van der Waals surface area contributed by atoms with Crippen molar-refractivity contribution in [3.63, 3.8) is 0 Å². The van der Waals surface area contributed by atoms with E-state index in [2.05, 4.69) is 0 Å². The third-order valence-electron chi connectivity index (χ3n) is 2.97. The molecule has 7 nitrogen and oxygen atoms in total. The zero-order valence-corrected chi connectivity index (χ0v) is 11.4. The van der Waals surface area contributed by atoms with Crippen LogP contribution in [0.1, 0.15) is 20.3 Å². The maximum atomic E-state index is 11.3. The smallest absolute Gasteiger partial charge is 0.320 e. The first-order chi connectivity index (χ1) is 7.55. The Hall–Kier alpha value is 0.260. The predicted octanol–water partition coefficient (Wildman–Crippen LogP) is -0.900. The van der Waals surface area contributed by atoms with Crippen LogP contribution < -0.4 is 4.90 Å². The number of piperidine rings is 1. The van der Waals surface area contributed by atoms with E-state index in [4.69, 9.17) is 0 Å². The van der Waals surface area contributed by atoms with Crippen molar-refractivity contribution in [1.82, 2.24) is 0 Å². The molecule has 1 rings (SSSR count). The van der Waals surface area contributed by atoms with Crippen molar-refractivity contribution in [2.24, 2.45) is 0 Å². The Morgan fingerprint density at radius 3 is 1.71 bits per heavy atom. The molecule has 0 amide bonds. The minimum atomic E-state index is -4.88. The molecule has 1 saturated heterocycles. The highest BCUT2D eigenvalue weighted by atomic mass is 31.2. The van der Waals surface area contributed by atoms with E-state index >= 15 is 0 Å². The molecule has 0 aliphatic carbocycles. The molecule has 17 heavy (non-hydrogen) atoms. The standard InChI is InChI=1S/C8H17NO6P2/c1-6-4-3-5-7(2)9(6)8(16(10,11)12)17(13,14)15/h4-8H,3H2,1-2H3,(H2,10,11,12)(H2,13,14,15)/p+1. The molecule has 0 aromatic carbocycles. The van der Waals surface area contributed by atoms with Crippen LogP contribution in [0.5, 0.6) is 0 Å². The van der Waals surface area contributed by atoms with Gasteiger partial charge in [-0.1, -0.05) is 0 Å². The van der Waals surface area contributed by atoms with Crippen molar-refractivity contribution in [1.29, 1.82) is 0 Å². The fourth-order valence-electron chi connectivity index (χ4n) is 2.23. The van der Waals surface area contributed by atoms with Crippen LogP contribution in [0.2, 0.25) is 0 Å². The molecule has 9 heteroatoms. The van der Waals surface area contributed by atoms with Crippen LogP contribution in [-0.4, -0.2) is 37.2 Å². The highest BCUT2D eigenvalue weighted by Crippen LogP contribution is 2.57. The summed E-state index contributed by atoms with van der Waals surface area (Å²) in [5, 5.41) is 0. The Balaban J connectivity index is 3.14. The van der Waals surface area contributed by atoms with E-state index in [1.165, 1.54) is 0 Å². The summed E-state index contributed by atoms with van der Waals surface area (Å²) in [6.45, 7) is 3.38. The summed E-state index contributed by atoms with van der Waals surface area (Å²) >= 11 is 0. The molecule has 1 heterocycles. The summed E-state index contributed by atoms with van der Waals surface area (Å²) in [7, 11) is -9.76. The minimum absolute atomic E-state index is 0.220. The molecule has 1 aliphatic rings. The Morgan fingerprint density at radius 2 is 1.41 bits per heavy atom. The molecule has 0 bridgehead atoms. The third kappa shape index (κ3) is 3.61. The van der Waals surface area contributed by atoms with Gasteiger partial charge < -0.3 is 24.5 Å². The van der Waals surface area contributed by atoms with Crippen LogP contribution in [0, 0.1) is 12.8 Å². The van der Waals surface area contributed by atoms with Crippen molar-refractivity contribution >= 4 is 15.2 Å². The van der Waals surface area contributed by atoms with Crippen LogP contribution in [0.25, 0.3) is 0 Å². The SMILES string of the molecule is CC1[CH]C[CH]C(C)[NH+]1C(P(=O)(O)O)P(=O)(O)O. The quantitative estimate of drug-likeness (QED) is 0.429. The summed E-state index contributed by atoms with van der Waals surface area (Å²) in [6.07, 6.45) is 4.24. The fourth-order valence-corrected chi connectivity index (χ4v) is 5.51. The minimum Gasteiger partial charge on any atom is -0.320 e. The Labute approximate surface area is 100 Å². The van der Waals surface area contributed by atoms with E-state index in [1.54, 1.807) is 26.7 Å². The molecule has 1 aliphatic heterocycles. The number of likely N-dealkylation sites (tertiary alicyclic amines) is 1. The number of rotatable bonds is 3. The second-order valence-corrected chi connectivity index (χ2v) is 8.13. The fraction of sp³-hybridized carbons (Fsp3) is 0.750. The van der Waals surface area contributed by atoms with Gasteiger partial charge in [0, 0.05) is 12.8 Å². The van der Waals surface area contributed by atoms with Gasteiger partial charge in [-0.05, 0) is 20.3 Å². The van der Waals surface area contributed by atoms with Gasteiger partial charge in [0.25, 0.3) is 5.52 Å². The molecule has 2 radical (unpaired) electrons. The molecule has 0 aromatic heterocycles. The molecule has 1 fully saturated rings. The first-order valence-electron chi connectivity index (χ1n) is 5.19. The van der Waals surface area contributed by atoms with Gasteiger partial charge in [-0.15, -0.1) is 0 Å². The molecule has 2 atom stereocenters. The summed E-state index contributed by atoms with van der Waals surface area (Å²) in [5.41, 5.74) is -1.99. The number of hydrogen-bond donors (Lipinski definition) is 5. The Kier molecular flexibility index (Phi) is 4.59. The van der Waals surface area contributed by atoms with Gasteiger partial charge in [0.15, 0.2) is 0 Å². The van der Waals surface area contributed by atoms with Crippen LogP contribution in [-0.2, 0) is 9.13 Å². The molecular weight excluding hydrogens is 268 g/mol. The van der Waals surface area contributed by atoms with Gasteiger partial charge in [-0.25, -0.2) is 0 Å². The average molecular weight is 286 g/mol. The maximum Gasteiger partial charge on any atom is 0.395 e. The highest BCUT2D eigenvalue weighted by Gasteiger charge is 2.55. The zero-order valence-electron chi connectivity index (χ0n) is 9.59. The first kappa shape index (κ1) is 15.3. The number of nitrogens with one attached hydrogen (secondary N) is 1. The van der Waals surface area contributed by atoms with E-state index in [0.29, 0.717) is 6.42 Å². The lowest BCUT2D eigenvalue weighted by Gasteiger charge is -2.40. The first-order valence-corrected chi connectivity index (χ1v) is 8.55. The molecular formula is C8H18NO6P2+. The van der Waals surface area contributed by atoms with Crippen LogP contribution >= 0.6 is 15.2 Å². The van der Waals surface area contributed by atoms with Gasteiger partial charge in [0.05, 0.1) is 12.1 Å². The van der Waals surface area contributed by atoms with E-state index in [1.807, 2.05) is 0 Å². The lowest BCUT2D eigenvalue weighted by atomic mass is 9.99. The normalized spacial score (nSPS) is 31.8. The van der Waals surface area contributed by atoms with E-state index in [-0.39, 0.29) is 17.0 Å². The summed E-state index contributed by atoms with van der Waals surface area (Å²) in [4.78, 5) is 36.9. The van der Waals surface area contributed by atoms with Gasteiger partial charge in [0.2, 0.25) is 0 Å². The molecule has 100 valence electrons. The molecule has 2 unspecified atom stereocenters. The molecule has 5 N–H and O–H groups in total.